The van der Waals surface area contributed by atoms with Gasteiger partial charge in [0, 0.05) is 18.7 Å². The highest BCUT2D eigenvalue weighted by Gasteiger charge is 2.30. The predicted molar refractivity (Wildman–Crippen MR) is 66.4 cm³/mol. The second kappa shape index (κ2) is 5.49. The molecule has 1 aromatic heterocycles. The maximum Gasteiger partial charge on any atom is 0.287 e. The molecule has 2 rings (SSSR count). The van der Waals surface area contributed by atoms with Crippen LogP contribution < -0.4 is 11.3 Å². The number of hydrogen-bond donors (Lipinski definition) is 2. The van der Waals surface area contributed by atoms with Gasteiger partial charge in [-0.3, -0.25) is 15.1 Å². The molecular formula is C12H20N4O2. The molecule has 1 amide bonds. The van der Waals surface area contributed by atoms with Gasteiger partial charge in [-0.05, 0) is 18.8 Å². The first-order valence-corrected chi connectivity index (χ1v) is 6.30. The summed E-state index contributed by atoms with van der Waals surface area (Å²) in [7, 11) is 0. The number of nitrogen functional groups attached to an aromatic ring is 1. The van der Waals surface area contributed by atoms with Gasteiger partial charge in [0.15, 0.2) is 11.5 Å². The number of carbonyl (C=O) groups is 1. The standard InChI is InChI=1S/C12H20N4O2/c1-8(2)6-16(9-3-4-9)7-10-5-11(15-18-10)12(17)14-13/h5,8-9H,3-4,6-7,13H2,1-2H3,(H,14,17). The molecule has 1 aliphatic carbocycles. The van der Waals surface area contributed by atoms with Crippen molar-refractivity contribution in [2.45, 2.75) is 39.3 Å². The van der Waals surface area contributed by atoms with Crippen LogP contribution >= 0.6 is 0 Å². The number of amides is 1. The van der Waals surface area contributed by atoms with Crippen molar-refractivity contribution in [2.24, 2.45) is 11.8 Å². The zero-order valence-corrected chi connectivity index (χ0v) is 10.8. The van der Waals surface area contributed by atoms with Crippen LogP contribution in [0.25, 0.3) is 0 Å². The molecule has 1 heterocycles. The zero-order chi connectivity index (χ0) is 13.1. The predicted octanol–water partition coefficient (Wildman–Crippen LogP) is 0.898. The monoisotopic (exact) mass is 252 g/mol. The first-order chi connectivity index (χ1) is 8.60. The Kier molecular flexibility index (Phi) is 3.98. The van der Waals surface area contributed by atoms with E-state index in [-0.39, 0.29) is 5.69 Å². The minimum atomic E-state index is -0.424. The van der Waals surface area contributed by atoms with Crippen LogP contribution in [-0.2, 0) is 6.54 Å². The van der Waals surface area contributed by atoms with Crippen LogP contribution in [0.4, 0.5) is 0 Å². The number of carbonyl (C=O) groups excluding carboxylic acids is 1. The van der Waals surface area contributed by atoms with Crippen molar-refractivity contribution in [3.05, 3.63) is 17.5 Å². The van der Waals surface area contributed by atoms with E-state index in [1.54, 1.807) is 6.07 Å². The summed E-state index contributed by atoms with van der Waals surface area (Å²) in [5, 5.41) is 3.71. The number of nitrogens with two attached hydrogens (primary N) is 1. The number of hydrazine groups is 1. The summed E-state index contributed by atoms with van der Waals surface area (Å²) in [4.78, 5) is 13.6. The van der Waals surface area contributed by atoms with Crippen LogP contribution in [0.3, 0.4) is 0 Å². The molecule has 0 saturated heterocycles. The van der Waals surface area contributed by atoms with Crippen molar-refractivity contribution in [1.29, 1.82) is 0 Å². The third kappa shape index (κ3) is 3.30. The first kappa shape index (κ1) is 13.0. The maximum absolute atomic E-state index is 11.3. The van der Waals surface area contributed by atoms with Gasteiger partial charge in [0.05, 0.1) is 6.54 Å². The van der Waals surface area contributed by atoms with Crippen LogP contribution in [0.5, 0.6) is 0 Å². The molecule has 6 nitrogen and oxygen atoms in total. The van der Waals surface area contributed by atoms with Crippen molar-refractivity contribution in [3.63, 3.8) is 0 Å². The van der Waals surface area contributed by atoms with Crippen LogP contribution in [0, 0.1) is 5.92 Å². The average molecular weight is 252 g/mol. The number of aromatic nitrogens is 1. The zero-order valence-electron chi connectivity index (χ0n) is 10.8. The molecule has 0 atom stereocenters. The summed E-state index contributed by atoms with van der Waals surface area (Å²) in [5.41, 5.74) is 2.27. The summed E-state index contributed by atoms with van der Waals surface area (Å²) < 4.78 is 5.17. The molecule has 1 aromatic rings. The molecule has 18 heavy (non-hydrogen) atoms. The van der Waals surface area contributed by atoms with Crippen LogP contribution in [0.2, 0.25) is 0 Å². The number of rotatable bonds is 6. The topological polar surface area (TPSA) is 84.4 Å². The molecule has 0 spiro atoms. The van der Waals surface area contributed by atoms with Crippen LogP contribution in [0.1, 0.15) is 42.9 Å². The van der Waals surface area contributed by atoms with E-state index in [1.165, 1.54) is 12.8 Å². The Morgan fingerprint density at radius 2 is 2.39 bits per heavy atom. The van der Waals surface area contributed by atoms with Gasteiger partial charge >= 0.3 is 0 Å². The summed E-state index contributed by atoms with van der Waals surface area (Å²) in [6.45, 7) is 6.13. The third-order valence-corrected chi connectivity index (χ3v) is 2.94. The molecule has 0 radical (unpaired) electrons. The number of nitrogens with one attached hydrogen (secondary N) is 1. The van der Waals surface area contributed by atoms with E-state index in [2.05, 4.69) is 23.9 Å². The van der Waals surface area contributed by atoms with Crippen molar-refractivity contribution in [3.8, 4) is 0 Å². The lowest BCUT2D eigenvalue weighted by molar-refractivity contribution is 0.0944. The highest BCUT2D eigenvalue weighted by molar-refractivity contribution is 5.91. The normalized spacial score (nSPS) is 15.4. The molecule has 0 aliphatic heterocycles. The Morgan fingerprint density at radius 1 is 1.67 bits per heavy atom. The van der Waals surface area contributed by atoms with Gasteiger partial charge in [-0.15, -0.1) is 0 Å². The summed E-state index contributed by atoms with van der Waals surface area (Å²) in [6.07, 6.45) is 2.49. The van der Waals surface area contributed by atoms with E-state index in [1.807, 2.05) is 5.43 Å². The molecule has 0 aromatic carbocycles. The second-order valence-corrected chi connectivity index (χ2v) is 5.21. The second-order valence-electron chi connectivity index (χ2n) is 5.21. The Labute approximate surface area is 106 Å². The van der Waals surface area contributed by atoms with E-state index >= 15 is 0 Å². The van der Waals surface area contributed by atoms with E-state index in [4.69, 9.17) is 10.4 Å². The molecule has 1 saturated carbocycles. The highest BCUT2D eigenvalue weighted by atomic mass is 16.5. The highest BCUT2D eigenvalue weighted by Crippen LogP contribution is 2.29. The fourth-order valence-electron chi connectivity index (χ4n) is 2.02. The number of nitrogens with zero attached hydrogens (tertiary/aromatic N) is 2. The molecule has 0 bridgehead atoms. The van der Waals surface area contributed by atoms with Gasteiger partial charge < -0.3 is 4.52 Å². The minimum Gasteiger partial charge on any atom is -0.359 e. The van der Waals surface area contributed by atoms with Crippen molar-refractivity contribution < 1.29 is 9.32 Å². The average Bonchev–Trinajstić information content (AvgIpc) is 3.08. The fraction of sp³-hybridized carbons (Fsp3) is 0.667. The van der Waals surface area contributed by atoms with Gasteiger partial charge in [-0.2, -0.15) is 0 Å². The molecule has 3 N–H and O–H groups in total. The molecule has 1 aliphatic rings. The number of hydrogen-bond acceptors (Lipinski definition) is 5. The first-order valence-electron chi connectivity index (χ1n) is 6.30. The van der Waals surface area contributed by atoms with Gasteiger partial charge in [0.2, 0.25) is 0 Å². The van der Waals surface area contributed by atoms with Crippen molar-refractivity contribution in [2.75, 3.05) is 6.54 Å². The van der Waals surface area contributed by atoms with E-state index in [0.29, 0.717) is 24.3 Å². The maximum atomic E-state index is 11.3. The van der Waals surface area contributed by atoms with Gasteiger partial charge in [0.25, 0.3) is 5.91 Å². The fourth-order valence-corrected chi connectivity index (χ4v) is 2.02. The van der Waals surface area contributed by atoms with Crippen molar-refractivity contribution in [1.82, 2.24) is 15.5 Å². The SMILES string of the molecule is CC(C)CN(Cc1cc(C(=O)NN)no1)C1CC1. The summed E-state index contributed by atoms with van der Waals surface area (Å²) >= 11 is 0. The van der Waals surface area contributed by atoms with Gasteiger partial charge in [-0.1, -0.05) is 19.0 Å². The Morgan fingerprint density at radius 3 is 2.94 bits per heavy atom. The summed E-state index contributed by atoms with van der Waals surface area (Å²) in [6, 6.07) is 2.31. The lowest BCUT2D eigenvalue weighted by Gasteiger charge is -2.22. The van der Waals surface area contributed by atoms with Gasteiger partial charge in [0.1, 0.15) is 0 Å². The lowest BCUT2D eigenvalue weighted by atomic mass is 10.2. The largest absolute Gasteiger partial charge is 0.359 e. The van der Waals surface area contributed by atoms with E-state index < -0.39 is 5.91 Å². The van der Waals surface area contributed by atoms with Crippen LogP contribution in [-0.4, -0.2) is 28.6 Å². The Hall–Kier alpha value is -1.40. The molecular weight excluding hydrogens is 232 g/mol. The van der Waals surface area contributed by atoms with E-state index in [9.17, 15) is 4.79 Å². The van der Waals surface area contributed by atoms with Gasteiger partial charge in [-0.25, -0.2) is 5.84 Å². The third-order valence-electron chi connectivity index (χ3n) is 2.94. The molecule has 6 heteroatoms. The molecule has 1 fully saturated rings. The molecule has 0 unspecified atom stereocenters. The summed E-state index contributed by atoms with van der Waals surface area (Å²) in [5.74, 6) is 5.94. The quantitative estimate of drug-likeness (QED) is 0.446. The smallest absolute Gasteiger partial charge is 0.287 e. The minimum absolute atomic E-state index is 0.229. The lowest BCUT2D eigenvalue weighted by Crippen LogP contribution is -2.30. The Bertz CT molecular complexity index is 412. The molecule has 100 valence electrons. The van der Waals surface area contributed by atoms with Crippen molar-refractivity contribution >= 4 is 5.91 Å². The van der Waals surface area contributed by atoms with Crippen LogP contribution in [0.15, 0.2) is 10.6 Å². The van der Waals surface area contributed by atoms with E-state index in [0.717, 1.165) is 6.54 Å². The Balaban J connectivity index is 1.98.